The summed E-state index contributed by atoms with van der Waals surface area (Å²) in [6.45, 7) is -0.0453. The number of aliphatic hydroxyl groups excluding tert-OH is 1. The number of anilines is 1. The topological polar surface area (TPSA) is 83.6 Å². The maximum atomic E-state index is 14.1. The van der Waals surface area contributed by atoms with Crippen LogP contribution in [0.15, 0.2) is 17.0 Å². The van der Waals surface area contributed by atoms with Crippen molar-refractivity contribution in [2.24, 2.45) is 0 Å². The van der Waals surface area contributed by atoms with Gasteiger partial charge >= 0.3 is 0 Å². The summed E-state index contributed by atoms with van der Waals surface area (Å²) in [5, 5.41) is 9.48. The van der Waals surface area contributed by atoms with Gasteiger partial charge in [0.25, 0.3) is 0 Å². The van der Waals surface area contributed by atoms with Crippen molar-refractivity contribution < 1.29 is 17.9 Å². The van der Waals surface area contributed by atoms with E-state index in [-0.39, 0.29) is 23.9 Å². The fraction of sp³-hybridized carbons (Fsp3) is 0.538. The maximum absolute atomic E-state index is 14.1. The highest BCUT2D eigenvalue weighted by Gasteiger charge is 2.34. The second-order valence-electron chi connectivity index (χ2n) is 5.11. The van der Waals surface area contributed by atoms with Crippen LogP contribution in [-0.4, -0.2) is 37.0 Å². The van der Waals surface area contributed by atoms with E-state index in [1.807, 2.05) is 0 Å². The van der Waals surface area contributed by atoms with Gasteiger partial charge in [-0.2, -0.15) is 4.31 Å². The van der Waals surface area contributed by atoms with Crippen LogP contribution in [0.25, 0.3) is 0 Å². The third-order valence-corrected chi connectivity index (χ3v) is 5.82. The average Bonchev–Trinajstić information content (AvgIpc) is 2.68. The van der Waals surface area contributed by atoms with Crippen LogP contribution in [0.3, 0.4) is 0 Å². The molecule has 1 unspecified atom stereocenters. The molecule has 0 spiro atoms. The summed E-state index contributed by atoms with van der Waals surface area (Å²) < 4.78 is 40.7. The van der Waals surface area contributed by atoms with Gasteiger partial charge in [0, 0.05) is 17.6 Å². The first-order chi connectivity index (χ1) is 9.87. The predicted molar refractivity (Wildman–Crippen MR) is 79.1 cm³/mol. The largest absolute Gasteiger partial charge is 0.396 e. The third-order valence-electron chi connectivity index (χ3n) is 3.65. The van der Waals surface area contributed by atoms with E-state index in [0.717, 1.165) is 23.2 Å². The van der Waals surface area contributed by atoms with E-state index in [4.69, 9.17) is 17.3 Å². The Morgan fingerprint density at radius 3 is 2.76 bits per heavy atom. The van der Waals surface area contributed by atoms with E-state index >= 15 is 0 Å². The summed E-state index contributed by atoms with van der Waals surface area (Å²) in [4.78, 5) is -0.534. The number of nitrogens with zero attached hydrogens (tertiary/aromatic N) is 1. The molecule has 2 rings (SSSR count). The van der Waals surface area contributed by atoms with Gasteiger partial charge in [-0.3, -0.25) is 0 Å². The molecule has 1 fully saturated rings. The fourth-order valence-corrected chi connectivity index (χ4v) is 4.65. The van der Waals surface area contributed by atoms with Crippen molar-refractivity contribution in [1.82, 2.24) is 4.31 Å². The zero-order chi connectivity index (χ0) is 15.6. The molecule has 3 N–H and O–H groups in total. The van der Waals surface area contributed by atoms with E-state index in [1.54, 1.807) is 0 Å². The quantitative estimate of drug-likeness (QED) is 0.827. The smallest absolute Gasteiger partial charge is 0.246 e. The number of hydrogen-bond acceptors (Lipinski definition) is 4. The number of rotatable bonds is 3. The SMILES string of the molecule is Nc1cc(Cl)cc(S(=O)(=O)N2CCCCCC2CO)c1F. The summed E-state index contributed by atoms with van der Waals surface area (Å²) in [6.07, 6.45) is 2.93. The first-order valence-electron chi connectivity index (χ1n) is 6.75. The lowest BCUT2D eigenvalue weighted by Gasteiger charge is -2.28. The Hall–Kier alpha value is -0.890. The number of benzene rings is 1. The van der Waals surface area contributed by atoms with Crippen LogP contribution < -0.4 is 5.73 Å². The van der Waals surface area contributed by atoms with Gasteiger partial charge in [0.1, 0.15) is 4.90 Å². The highest BCUT2D eigenvalue weighted by molar-refractivity contribution is 7.89. The summed E-state index contributed by atoms with van der Waals surface area (Å²) in [6, 6.07) is 1.68. The Balaban J connectivity index is 2.50. The molecule has 0 aliphatic carbocycles. The predicted octanol–water partition coefficient (Wildman–Crippen LogP) is 1.99. The first-order valence-corrected chi connectivity index (χ1v) is 8.57. The van der Waals surface area contributed by atoms with Gasteiger partial charge in [-0.1, -0.05) is 24.4 Å². The molecule has 1 aromatic carbocycles. The van der Waals surface area contributed by atoms with Crippen molar-refractivity contribution in [2.75, 3.05) is 18.9 Å². The zero-order valence-corrected chi connectivity index (χ0v) is 13.0. The van der Waals surface area contributed by atoms with Crippen LogP contribution in [0.1, 0.15) is 25.7 Å². The number of nitrogen functional groups attached to an aromatic ring is 1. The second kappa shape index (κ2) is 6.48. The molecule has 0 saturated carbocycles. The lowest BCUT2D eigenvalue weighted by Crippen LogP contribution is -2.42. The van der Waals surface area contributed by atoms with Crippen LogP contribution in [0.2, 0.25) is 5.02 Å². The summed E-state index contributed by atoms with van der Waals surface area (Å²) in [5.74, 6) is -1.000. The Morgan fingerprint density at radius 1 is 1.38 bits per heavy atom. The van der Waals surface area contributed by atoms with Gasteiger partial charge in [0.2, 0.25) is 10.0 Å². The first kappa shape index (κ1) is 16.5. The second-order valence-corrected chi connectivity index (χ2v) is 7.40. The van der Waals surface area contributed by atoms with E-state index in [2.05, 4.69) is 0 Å². The molecule has 0 radical (unpaired) electrons. The molecule has 0 aromatic heterocycles. The monoisotopic (exact) mass is 336 g/mol. The highest BCUT2D eigenvalue weighted by atomic mass is 35.5. The van der Waals surface area contributed by atoms with Crippen molar-refractivity contribution in [3.8, 4) is 0 Å². The Kier molecular flexibility index (Phi) is 5.08. The van der Waals surface area contributed by atoms with Gasteiger partial charge in [-0.25, -0.2) is 12.8 Å². The van der Waals surface area contributed by atoms with E-state index in [0.29, 0.717) is 12.8 Å². The summed E-state index contributed by atoms with van der Waals surface area (Å²) in [7, 11) is -4.09. The molecule has 1 heterocycles. The summed E-state index contributed by atoms with van der Waals surface area (Å²) in [5.41, 5.74) is 5.15. The Bertz CT molecular complexity index is 624. The lowest BCUT2D eigenvalue weighted by atomic mass is 10.1. The van der Waals surface area contributed by atoms with Gasteiger partial charge in [-0.05, 0) is 25.0 Å². The zero-order valence-electron chi connectivity index (χ0n) is 11.4. The Morgan fingerprint density at radius 2 is 2.10 bits per heavy atom. The fourth-order valence-electron chi connectivity index (χ4n) is 2.55. The normalized spacial score (nSPS) is 21.2. The van der Waals surface area contributed by atoms with E-state index < -0.39 is 26.8 Å². The minimum absolute atomic E-state index is 0.0582. The van der Waals surface area contributed by atoms with Gasteiger partial charge < -0.3 is 10.8 Å². The van der Waals surface area contributed by atoms with Crippen LogP contribution in [0.4, 0.5) is 10.1 Å². The molecule has 0 bridgehead atoms. The van der Waals surface area contributed by atoms with Crippen LogP contribution in [-0.2, 0) is 10.0 Å². The number of halogens is 2. The van der Waals surface area contributed by atoms with Gasteiger partial charge in [-0.15, -0.1) is 0 Å². The number of sulfonamides is 1. The highest BCUT2D eigenvalue weighted by Crippen LogP contribution is 2.30. The number of hydrogen-bond donors (Lipinski definition) is 2. The van der Waals surface area contributed by atoms with Crippen molar-refractivity contribution in [2.45, 2.75) is 36.6 Å². The van der Waals surface area contributed by atoms with Crippen LogP contribution in [0.5, 0.6) is 0 Å². The van der Waals surface area contributed by atoms with Gasteiger partial charge in [0.05, 0.1) is 12.3 Å². The number of nitrogens with two attached hydrogens (primary N) is 1. The minimum atomic E-state index is -4.09. The van der Waals surface area contributed by atoms with Crippen molar-refractivity contribution in [3.63, 3.8) is 0 Å². The standard InChI is InChI=1S/C13H18ClFN2O3S/c14-9-6-11(16)13(15)12(7-9)21(19,20)17-5-3-1-2-4-10(17)8-18/h6-7,10,18H,1-5,8,16H2. The molecular formula is C13H18ClFN2O3S. The van der Waals surface area contributed by atoms with Crippen molar-refractivity contribution in [3.05, 3.63) is 23.0 Å². The summed E-state index contributed by atoms with van der Waals surface area (Å²) >= 11 is 5.79. The Labute approximate surface area is 128 Å². The van der Waals surface area contributed by atoms with Gasteiger partial charge in [0.15, 0.2) is 5.82 Å². The minimum Gasteiger partial charge on any atom is -0.396 e. The van der Waals surface area contributed by atoms with Crippen LogP contribution in [0, 0.1) is 5.82 Å². The van der Waals surface area contributed by atoms with Crippen molar-refractivity contribution in [1.29, 1.82) is 0 Å². The molecule has 118 valence electrons. The molecule has 5 nitrogen and oxygen atoms in total. The number of aliphatic hydroxyl groups is 1. The third kappa shape index (κ3) is 3.31. The molecule has 0 amide bonds. The van der Waals surface area contributed by atoms with E-state index in [9.17, 15) is 17.9 Å². The molecule has 8 heteroatoms. The van der Waals surface area contributed by atoms with Crippen LogP contribution >= 0.6 is 11.6 Å². The van der Waals surface area contributed by atoms with Crippen molar-refractivity contribution >= 4 is 27.3 Å². The maximum Gasteiger partial charge on any atom is 0.246 e. The molecule has 1 saturated heterocycles. The molecule has 1 aliphatic rings. The molecular weight excluding hydrogens is 319 g/mol. The average molecular weight is 337 g/mol. The molecule has 1 atom stereocenters. The molecule has 21 heavy (non-hydrogen) atoms. The lowest BCUT2D eigenvalue weighted by molar-refractivity contribution is 0.186. The van der Waals surface area contributed by atoms with E-state index in [1.165, 1.54) is 6.07 Å². The molecule has 1 aromatic rings. The molecule has 1 aliphatic heterocycles.